The number of ether oxygens (including phenoxy) is 4. The number of unbranched alkanes of at least 4 members (excludes halogenated alkanes) is 41. The molecule has 0 aliphatic rings. The van der Waals surface area contributed by atoms with E-state index in [0.29, 0.717) is 31.6 Å². The highest BCUT2D eigenvalue weighted by atomic mass is 31.2. The Morgan fingerprint density at radius 1 is 0.258 bits per heavy atom. The Labute approximate surface area is 594 Å². The van der Waals surface area contributed by atoms with Crippen molar-refractivity contribution in [3.63, 3.8) is 0 Å². The SMILES string of the molecule is CC(C)CCCCCCCCCCCCCCCCCCC(=O)O[C@H](COC(=O)CCCCCCCCCCC(C)C)COP(=O)(O)OCC(O)COP(=O)(O)OC[C@@H](COC(=O)CCCCCCCCC(C)C)OC(=O)CCCCCCCCCCCCCCCCCC(C)C. The molecule has 0 aliphatic heterocycles. The molecule has 0 radical (unpaired) electrons. The lowest BCUT2D eigenvalue weighted by Crippen LogP contribution is -2.30. The minimum absolute atomic E-state index is 0.106. The zero-order valence-corrected chi connectivity index (χ0v) is 65.5. The van der Waals surface area contributed by atoms with Gasteiger partial charge in [-0.25, -0.2) is 9.13 Å². The summed E-state index contributed by atoms with van der Waals surface area (Å²) in [5.41, 5.74) is 0. The standard InChI is InChI=1S/C78H152O17P2/c1-68(2)54-46-38-30-24-20-16-12-9-10-14-18-22-26-34-44-52-60-77(82)94-73(64-88-75(80)58-50-42-33-29-28-32-40-48-56-70(5)6)66-92-96(84,85)90-62-72(79)63-91-97(86,87)93-67-74(65-89-76(81)59-51-43-37-36-41-49-57-71(7)8)95-78(83)61-53-45-35-27-23-19-15-11-13-17-21-25-31-39-47-55-69(3)4/h68-74,79H,9-67H2,1-8H3,(H,84,85)(H,86,87)/t72?,73-,74-/m1/s1. The molecule has 0 amide bonds. The summed E-state index contributed by atoms with van der Waals surface area (Å²) < 4.78 is 68.5. The number of aliphatic hydroxyl groups excluding tert-OH is 1. The Balaban J connectivity index is 5.19. The zero-order chi connectivity index (χ0) is 71.7. The minimum Gasteiger partial charge on any atom is -0.462 e. The molecule has 0 fully saturated rings. The number of aliphatic hydroxyl groups is 1. The molecule has 0 saturated heterocycles. The summed E-state index contributed by atoms with van der Waals surface area (Å²) in [6.07, 6.45) is 53.0. The highest BCUT2D eigenvalue weighted by Crippen LogP contribution is 2.45. The molecule has 0 saturated carbocycles. The molecule has 0 aromatic heterocycles. The second-order valence-electron chi connectivity index (χ2n) is 30.0. The van der Waals surface area contributed by atoms with Gasteiger partial charge in [-0.3, -0.25) is 37.3 Å². The van der Waals surface area contributed by atoms with Gasteiger partial charge in [0.2, 0.25) is 0 Å². The van der Waals surface area contributed by atoms with Gasteiger partial charge in [0, 0.05) is 25.7 Å². The summed E-state index contributed by atoms with van der Waals surface area (Å²) in [5, 5.41) is 10.6. The van der Waals surface area contributed by atoms with E-state index in [1.165, 1.54) is 193 Å². The van der Waals surface area contributed by atoms with E-state index in [9.17, 15) is 43.2 Å². The van der Waals surface area contributed by atoms with E-state index in [2.05, 4.69) is 55.4 Å². The predicted octanol–water partition coefficient (Wildman–Crippen LogP) is 22.8. The number of carbonyl (C=O) groups is 4. The van der Waals surface area contributed by atoms with Crippen LogP contribution in [0.2, 0.25) is 0 Å². The summed E-state index contributed by atoms with van der Waals surface area (Å²) in [6.45, 7) is 14.2. The van der Waals surface area contributed by atoms with Gasteiger partial charge in [0.15, 0.2) is 12.2 Å². The highest BCUT2D eigenvalue weighted by molar-refractivity contribution is 7.47. The van der Waals surface area contributed by atoms with E-state index in [-0.39, 0.29) is 25.7 Å². The van der Waals surface area contributed by atoms with Crippen LogP contribution in [0, 0.1) is 23.7 Å². The van der Waals surface area contributed by atoms with Crippen molar-refractivity contribution in [3.8, 4) is 0 Å². The van der Waals surface area contributed by atoms with Crippen molar-refractivity contribution in [2.24, 2.45) is 23.7 Å². The fourth-order valence-electron chi connectivity index (χ4n) is 11.9. The van der Waals surface area contributed by atoms with Crippen LogP contribution >= 0.6 is 15.6 Å². The molecule has 0 aliphatic carbocycles. The molecule has 0 spiro atoms. The van der Waals surface area contributed by atoms with Gasteiger partial charge >= 0.3 is 39.5 Å². The van der Waals surface area contributed by atoms with Crippen molar-refractivity contribution in [2.45, 2.75) is 414 Å². The number of carbonyl (C=O) groups excluding carboxylic acids is 4. The van der Waals surface area contributed by atoms with Gasteiger partial charge in [-0.05, 0) is 49.4 Å². The minimum atomic E-state index is -4.96. The first-order valence-electron chi connectivity index (χ1n) is 40.2. The van der Waals surface area contributed by atoms with Crippen molar-refractivity contribution < 1.29 is 80.2 Å². The van der Waals surface area contributed by atoms with E-state index >= 15 is 0 Å². The van der Waals surface area contributed by atoms with Gasteiger partial charge in [-0.2, -0.15) is 0 Å². The van der Waals surface area contributed by atoms with Crippen molar-refractivity contribution in [3.05, 3.63) is 0 Å². The lowest BCUT2D eigenvalue weighted by molar-refractivity contribution is -0.161. The molecule has 17 nitrogen and oxygen atoms in total. The Bertz CT molecular complexity index is 1900. The smallest absolute Gasteiger partial charge is 0.462 e. The predicted molar refractivity (Wildman–Crippen MR) is 395 cm³/mol. The topological polar surface area (TPSA) is 237 Å². The zero-order valence-electron chi connectivity index (χ0n) is 63.7. The molecule has 0 aromatic rings. The quantitative estimate of drug-likeness (QED) is 0.0222. The highest BCUT2D eigenvalue weighted by Gasteiger charge is 2.30. The second kappa shape index (κ2) is 67.2. The summed E-state index contributed by atoms with van der Waals surface area (Å²) in [6, 6.07) is 0. The van der Waals surface area contributed by atoms with Crippen LogP contribution in [-0.4, -0.2) is 96.7 Å². The maximum atomic E-state index is 13.1. The van der Waals surface area contributed by atoms with Crippen molar-refractivity contribution in [1.82, 2.24) is 0 Å². The molecule has 576 valence electrons. The van der Waals surface area contributed by atoms with Crippen LogP contribution in [0.1, 0.15) is 396 Å². The first-order valence-corrected chi connectivity index (χ1v) is 43.2. The van der Waals surface area contributed by atoms with Gasteiger partial charge in [-0.15, -0.1) is 0 Å². The molecule has 5 atom stereocenters. The number of hydrogen-bond acceptors (Lipinski definition) is 15. The summed E-state index contributed by atoms with van der Waals surface area (Å²) in [7, 11) is -9.91. The Kier molecular flexibility index (Phi) is 65.9. The molecule has 0 aromatic carbocycles. The van der Waals surface area contributed by atoms with Crippen LogP contribution in [0.15, 0.2) is 0 Å². The van der Waals surface area contributed by atoms with E-state index in [1.54, 1.807) is 0 Å². The number of phosphoric ester groups is 2. The van der Waals surface area contributed by atoms with E-state index < -0.39 is 97.5 Å². The largest absolute Gasteiger partial charge is 0.472 e. The second-order valence-corrected chi connectivity index (χ2v) is 32.9. The monoisotopic (exact) mass is 1420 g/mol. The lowest BCUT2D eigenvalue weighted by Gasteiger charge is -2.21. The molecule has 0 heterocycles. The average Bonchev–Trinajstić information content (AvgIpc) is 1.69. The molecule has 3 unspecified atom stereocenters. The molecular formula is C78H152O17P2. The molecule has 3 N–H and O–H groups in total. The number of rotatable bonds is 75. The third kappa shape index (κ3) is 72.2. The molecule has 97 heavy (non-hydrogen) atoms. The van der Waals surface area contributed by atoms with Crippen LogP contribution in [0.5, 0.6) is 0 Å². The van der Waals surface area contributed by atoms with Crippen LogP contribution < -0.4 is 0 Å². The average molecular weight is 1420 g/mol. The van der Waals surface area contributed by atoms with E-state index in [1.807, 2.05) is 0 Å². The van der Waals surface area contributed by atoms with Crippen molar-refractivity contribution in [1.29, 1.82) is 0 Å². The van der Waals surface area contributed by atoms with Crippen LogP contribution in [0.25, 0.3) is 0 Å². The lowest BCUT2D eigenvalue weighted by atomic mass is 10.0. The number of phosphoric acid groups is 2. The summed E-state index contributed by atoms with van der Waals surface area (Å²) in [4.78, 5) is 72.8. The summed E-state index contributed by atoms with van der Waals surface area (Å²) >= 11 is 0. The number of esters is 4. The third-order valence-corrected chi connectivity index (χ3v) is 20.0. The first kappa shape index (κ1) is 95.1. The van der Waals surface area contributed by atoms with Gasteiger partial charge < -0.3 is 33.8 Å². The first-order chi connectivity index (χ1) is 46.6. The molecule has 0 bridgehead atoms. The van der Waals surface area contributed by atoms with Gasteiger partial charge in [0.25, 0.3) is 0 Å². The maximum absolute atomic E-state index is 13.1. The Hall–Kier alpha value is -1.94. The van der Waals surface area contributed by atoms with Gasteiger partial charge in [0.05, 0.1) is 26.4 Å². The summed E-state index contributed by atoms with van der Waals surface area (Å²) in [5.74, 6) is 0.897. The normalized spacial score (nSPS) is 14.1. The van der Waals surface area contributed by atoms with Crippen LogP contribution in [-0.2, 0) is 65.4 Å². The Morgan fingerprint density at radius 2 is 0.433 bits per heavy atom. The van der Waals surface area contributed by atoms with E-state index in [0.717, 1.165) is 114 Å². The van der Waals surface area contributed by atoms with E-state index in [4.69, 9.17) is 37.0 Å². The van der Waals surface area contributed by atoms with Crippen molar-refractivity contribution in [2.75, 3.05) is 39.6 Å². The van der Waals surface area contributed by atoms with Crippen molar-refractivity contribution >= 4 is 39.5 Å². The fourth-order valence-corrected chi connectivity index (χ4v) is 13.5. The molecular weight excluding hydrogens is 1270 g/mol. The van der Waals surface area contributed by atoms with Crippen LogP contribution in [0.3, 0.4) is 0 Å². The maximum Gasteiger partial charge on any atom is 0.472 e. The van der Waals surface area contributed by atoms with Crippen LogP contribution in [0.4, 0.5) is 0 Å². The van der Waals surface area contributed by atoms with Gasteiger partial charge in [-0.1, -0.05) is 344 Å². The third-order valence-electron chi connectivity index (χ3n) is 18.1. The molecule has 19 heteroatoms. The van der Waals surface area contributed by atoms with Gasteiger partial charge in [0.1, 0.15) is 19.3 Å². The number of hydrogen-bond donors (Lipinski definition) is 3. The molecule has 0 rings (SSSR count). The Morgan fingerprint density at radius 3 is 0.639 bits per heavy atom. The fraction of sp³-hybridized carbons (Fsp3) is 0.949.